The first-order chi connectivity index (χ1) is 6.20. The van der Waals surface area contributed by atoms with Crippen LogP contribution in [0.2, 0.25) is 0 Å². The zero-order chi connectivity index (χ0) is 9.68. The van der Waals surface area contributed by atoms with Gasteiger partial charge in [-0.15, -0.1) is 0 Å². The number of piperidine rings is 1. The molecule has 0 aromatic heterocycles. The molecular weight excluding hydrogens is 186 g/mol. The van der Waals surface area contributed by atoms with Crippen LogP contribution in [0.5, 0.6) is 0 Å². The van der Waals surface area contributed by atoms with Gasteiger partial charge in [0.1, 0.15) is 0 Å². The molecular formula is C8H15N3OS. The van der Waals surface area contributed by atoms with Crippen LogP contribution in [0.15, 0.2) is 0 Å². The number of hydrogen-bond acceptors (Lipinski definition) is 2. The van der Waals surface area contributed by atoms with E-state index in [9.17, 15) is 4.79 Å². The summed E-state index contributed by atoms with van der Waals surface area (Å²) in [6, 6.07) is 0. The molecule has 74 valence electrons. The van der Waals surface area contributed by atoms with Crippen molar-refractivity contribution < 1.29 is 4.79 Å². The molecule has 13 heavy (non-hydrogen) atoms. The van der Waals surface area contributed by atoms with E-state index in [-0.39, 0.29) is 17.6 Å². The second-order valence-corrected chi connectivity index (χ2v) is 3.60. The molecule has 0 spiro atoms. The Labute approximate surface area is 83.5 Å². The van der Waals surface area contributed by atoms with Gasteiger partial charge in [-0.25, -0.2) is 0 Å². The molecule has 1 rings (SSSR count). The van der Waals surface area contributed by atoms with Crippen LogP contribution in [-0.2, 0) is 4.79 Å². The molecule has 1 fully saturated rings. The number of hydrogen-bond donors (Lipinski definition) is 2. The topological polar surface area (TPSA) is 58.4 Å². The number of carbonyl (C=O) groups is 1. The van der Waals surface area contributed by atoms with Crippen molar-refractivity contribution in [1.29, 1.82) is 0 Å². The summed E-state index contributed by atoms with van der Waals surface area (Å²) in [5.74, 6) is 0.0903. The molecule has 0 aromatic rings. The average molecular weight is 201 g/mol. The van der Waals surface area contributed by atoms with Crippen molar-refractivity contribution in [2.24, 2.45) is 5.73 Å². The van der Waals surface area contributed by atoms with Gasteiger partial charge in [0.25, 0.3) is 0 Å². The summed E-state index contributed by atoms with van der Waals surface area (Å²) in [5, 5.41) is 2.85. The van der Waals surface area contributed by atoms with E-state index < -0.39 is 0 Å². The van der Waals surface area contributed by atoms with Crippen molar-refractivity contribution in [3.05, 3.63) is 0 Å². The summed E-state index contributed by atoms with van der Waals surface area (Å²) < 4.78 is 0. The quantitative estimate of drug-likeness (QED) is 0.609. The molecule has 1 aliphatic heterocycles. The fourth-order valence-corrected chi connectivity index (χ4v) is 1.49. The Morgan fingerprint density at radius 3 is 2.54 bits per heavy atom. The zero-order valence-corrected chi connectivity index (χ0v) is 8.40. The van der Waals surface area contributed by atoms with Gasteiger partial charge in [0.05, 0.1) is 6.54 Å². The minimum atomic E-state index is 0.0903. The average Bonchev–Trinajstić information content (AvgIpc) is 2.15. The fourth-order valence-electron chi connectivity index (χ4n) is 1.42. The predicted octanol–water partition coefficient (Wildman–Crippen LogP) is -0.168. The SMILES string of the molecule is NC(=S)NCC(=O)N1CCCCC1. The van der Waals surface area contributed by atoms with Crippen molar-refractivity contribution in [1.82, 2.24) is 10.2 Å². The largest absolute Gasteiger partial charge is 0.376 e. The van der Waals surface area contributed by atoms with E-state index in [2.05, 4.69) is 17.5 Å². The summed E-state index contributed by atoms with van der Waals surface area (Å²) in [6.45, 7) is 1.98. The highest BCUT2D eigenvalue weighted by molar-refractivity contribution is 7.80. The van der Waals surface area contributed by atoms with Crippen molar-refractivity contribution in [2.75, 3.05) is 19.6 Å². The summed E-state index contributed by atoms with van der Waals surface area (Å²) in [5.41, 5.74) is 5.22. The first kappa shape index (κ1) is 10.2. The van der Waals surface area contributed by atoms with Gasteiger partial charge in [-0.2, -0.15) is 0 Å². The molecule has 1 saturated heterocycles. The molecule has 0 atom stereocenters. The minimum Gasteiger partial charge on any atom is -0.376 e. The molecule has 0 aliphatic carbocycles. The number of thiocarbonyl (C=S) groups is 1. The van der Waals surface area contributed by atoms with Crippen molar-refractivity contribution in [3.63, 3.8) is 0 Å². The first-order valence-electron chi connectivity index (χ1n) is 4.51. The van der Waals surface area contributed by atoms with Crippen LogP contribution in [0, 0.1) is 0 Å². The Balaban J connectivity index is 2.25. The Morgan fingerprint density at radius 1 is 1.38 bits per heavy atom. The Bertz CT molecular complexity index is 202. The standard InChI is InChI=1S/C8H15N3OS/c9-8(13)10-6-7(12)11-4-2-1-3-5-11/h1-6H2,(H3,9,10,13). The number of amides is 1. The highest BCUT2D eigenvalue weighted by atomic mass is 32.1. The molecule has 0 saturated carbocycles. The van der Waals surface area contributed by atoms with Gasteiger partial charge in [0.15, 0.2) is 5.11 Å². The predicted molar refractivity (Wildman–Crippen MR) is 55.2 cm³/mol. The molecule has 0 bridgehead atoms. The van der Waals surface area contributed by atoms with Crippen LogP contribution < -0.4 is 11.1 Å². The zero-order valence-electron chi connectivity index (χ0n) is 7.58. The maximum absolute atomic E-state index is 11.5. The maximum atomic E-state index is 11.5. The molecule has 0 unspecified atom stereocenters. The molecule has 1 amide bonds. The minimum absolute atomic E-state index is 0.0903. The van der Waals surface area contributed by atoms with E-state index in [0.29, 0.717) is 0 Å². The van der Waals surface area contributed by atoms with Gasteiger partial charge in [0, 0.05) is 13.1 Å². The third-order valence-electron chi connectivity index (χ3n) is 2.12. The lowest BCUT2D eigenvalue weighted by atomic mass is 10.1. The van der Waals surface area contributed by atoms with E-state index in [1.54, 1.807) is 0 Å². The Morgan fingerprint density at radius 2 is 2.00 bits per heavy atom. The van der Waals surface area contributed by atoms with Gasteiger partial charge in [-0.05, 0) is 31.5 Å². The van der Waals surface area contributed by atoms with Crippen molar-refractivity contribution in [3.8, 4) is 0 Å². The number of nitrogens with two attached hydrogens (primary N) is 1. The Kier molecular flexibility index (Phi) is 3.95. The Hall–Kier alpha value is -0.840. The third-order valence-corrected chi connectivity index (χ3v) is 2.27. The molecule has 3 N–H and O–H groups in total. The van der Waals surface area contributed by atoms with Crippen LogP contribution in [0.4, 0.5) is 0 Å². The van der Waals surface area contributed by atoms with Crippen LogP contribution in [0.1, 0.15) is 19.3 Å². The summed E-state index contributed by atoms with van der Waals surface area (Å²) in [4.78, 5) is 13.3. The van der Waals surface area contributed by atoms with Crippen LogP contribution in [-0.4, -0.2) is 35.6 Å². The summed E-state index contributed by atoms with van der Waals surface area (Å²) in [6.07, 6.45) is 3.45. The number of nitrogens with zero attached hydrogens (tertiary/aromatic N) is 1. The molecule has 0 aromatic carbocycles. The number of nitrogens with one attached hydrogen (secondary N) is 1. The van der Waals surface area contributed by atoms with E-state index in [1.807, 2.05) is 4.90 Å². The van der Waals surface area contributed by atoms with Crippen LogP contribution >= 0.6 is 12.2 Å². The summed E-state index contributed by atoms with van der Waals surface area (Å²) in [7, 11) is 0. The van der Waals surface area contributed by atoms with Crippen molar-refractivity contribution in [2.45, 2.75) is 19.3 Å². The number of likely N-dealkylation sites (tertiary alicyclic amines) is 1. The van der Waals surface area contributed by atoms with Gasteiger partial charge in [0.2, 0.25) is 5.91 Å². The second-order valence-electron chi connectivity index (χ2n) is 3.16. The smallest absolute Gasteiger partial charge is 0.241 e. The first-order valence-corrected chi connectivity index (χ1v) is 4.92. The van der Waals surface area contributed by atoms with Crippen LogP contribution in [0.25, 0.3) is 0 Å². The number of rotatable bonds is 2. The van der Waals surface area contributed by atoms with Crippen LogP contribution in [0.3, 0.4) is 0 Å². The molecule has 4 nitrogen and oxygen atoms in total. The normalized spacial score (nSPS) is 16.8. The van der Waals surface area contributed by atoms with Gasteiger partial charge in [-0.3, -0.25) is 4.79 Å². The van der Waals surface area contributed by atoms with E-state index in [0.717, 1.165) is 25.9 Å². The van der Waals surface area contributed by atoms with E-state index in [4.69, 9.17) is 5.73 Å². The van der Waals surface area contributed by atoms with Gasteiger partial charge >= 0.3 is 0 Å². The molecule has 1 heterocycles. The monoisotopic (exact) mass is 201 g/mol. The van der Waals surface area contributed by atoms with Gasteiger partial charge in [-0.1, -0.05) is 0 Å². The lowest BCUT2D eigenvalue weighted by molar-refractivity contribution is -0.130. The highest BCUT2D eigenvalue weighted by Gasteiger charge is 2.15. The molecule has 0 radical (unpaired) electrons. The van der Waals surface area contributed by atoms with Crippen molar-refractivity contribution >= 4 is 23.2 Å². The van der Waals surface area contributed by atoms with E-state index in [1.165, 1.54) is 6.42 Å². The fraction of sp³-hybridized carbons (Fsp3) is 0.750. The maximum Gasteiger partial charge on any atom is 0.241 e. The molecule has 1 aliphatic rings. The summed E-state index contributed by atoms with van der Waals surface area (Å²) >= 11 is 4.61. The second kappa shape index (κ2) is 5.01. The highest BCUT2D eigenvalue weighted by Crippen LogP contribution is 2.07. The number of carbonyl (C=O) groups excluding carboxylic acids is 1. The molecule has 5 heteroatoms. The lowest BCUT2D eigenvalue weighted by Gasteiger charge is -2.26. The van der Waals surface area contributed by atoms with E-state index >= 15 is 0 Å². The lowest BCUT2D eigenvalue weighted by Crippen LogP contribution is -2.43. The van der Waals surface area contributed by atoms with Gasteiger partial charge < -0.3 is 16.0 Å². The third kappa shape index (κ3) is 3.59.